The van der Waals surface area contributed by atoms with Gasteiger partial charge in [0.25, 0.3) is 0 Å². The van der Waals surface area contributed by atoms with Crippen molar-refractivity contribution in [3.8, 4) is 0 Å². The smallest absolute Gasteiger partial charge is 0.326 e. The van der Waals surface area contributed by atoms with Crippen molar-refractivity contribution in [2.24, 2.45) is 17.2 Å². The highest BCUT2D eigenvalue weighted by atomic mass is 16.4. The van der Waals surface area contributed by atoms with Crippen molar-refractivity contribution in [2.45, 2.75) is 75.9 Å². The van der Waals surface area contributed by atoms with Gasteiger partial charge in [-0.25, -0.2) is 4.79 Å². The summed E-state index contributed by atoms with van der Waals surface area (Å²) in [6.45, 7) is 2.80. The second-order valence-electron chi connectivity index (χ2n) is 7.41. The molecule has 0 aliphatic heterocycles. The summed E-state index contributed by atoms with van der Waals surface area (Å²) in [6, 6.07) is -5.74. The summed E-state index contributed by atoms with van der Waals surface area (Å²) in [4.78, 5) is 59.7. The molecule has 0 saturated carbocycles. The van der Waals surface area contributed by atoms with E-state index < -0.39 is 72.4 Å². The lowest BCUT2D eigenvalue weighted by Crippen LogP contribution is -2.60. The van der Waals surface area contributed by atoms with Gasteiger partial charge in [0.05, 0.1) is 18.6 Å². The SMILES string of the molecule is CC(O)C(N)C(=O)NC(C(=O)NC(CCCCN)C(=O)NC(CC(N)=O)C(=O)O)C(C)O. The topological polar surface area (TPSA) is 260 Å². The Balaban J connectivity index is 5.47. The van der Waals surface area contributed by atoms with E-state index in [9.17, 15) is 34.2 Å². The van der Waals surface area contributed by atoms with Crippen LogP contribution in [0.5, 0.6) is 0 Å². The van der Waals surface area contributed by atoms with E-state index in [1.54, 1.807) is 0 Å². The Morgan fingerprint density at radius 3 is 1.84 bits per heavy atom. The van der Waals surface area contributed by atoms with E-state index in [1.165, 1.54) is 13.8 Å². The molecular formula is C18H34N6O8. The second kappa shape index (κ2) is 14.3. The van der Waals surface area contributed by atoms with Crippen LogP contribution < -0.4 is 33.2 Å². The Hall–Kier alpha value is -2.81. The van der Waals surface area contributed by atoms with E-state index in [1.807, 2.05) is 0 Å². The van der Waals surface area contributed by atoms with E-state index >= 15 is 0 Å². The van der Waals surface area contributed by atoms with Crippen LogP contribution in [0, 0.1) is 0 Å². The van der Waals surface area contributed by atoms with Gasteiger partial charge in [-0.3, -0.25) is 19.2 Å². The molecule has 0 spiro atoms. The number of amides is 4. The zero-order chi connectivity index (χ0) is 25.0. The molecule has 184 valence electrons. The Kier molecular flexibility index (Phi) is 13.0. The molecule has 0 heterocycles. The lowest BCUT2D eigenvalue weighted by Gasteiger charge is -2.26. The maximum absolute atomic E-state index is 12.7. The van der Waals surface area contributed by atoms with Crippen molar-refractivity contribution >= 4 is 29.6 Å². The van der Waals surface area contributed by atoms with E-state index in [0.717, 1.165) is 0 Å². The lowest BCUT2D eigenvalue weighted by atomic mass is 10.0. The molecule has 0 aliphatic rings. The largest absolute Gasteiger partial charge is 0.480 e. The van der Waals surface area contributed by atoms with Gasteiger partial charge in [-0.2, -0.15) is 0 Å². The molecule has 0 bridgehead atoms. The van der Waals surface area contributed by atoms with Gasteiger partial charge < -0.3 is 48.5 Å². The highest BCUT2D eigenvalue weighted by Gasteiger charge is 2.33. The Labute approximate surface area is 185 Å². The number of carboxylic acids is 1. The van der Waals surface area contributed by atoms with Crippen molar-refractivity contribution in [3.05, 3.63) is 0 Å². The van der Waals surface area contributed by atoms with Crippen LogP contribution in [0.15, 0.2) is 0 Å². The van der Waals surface area contributed by atoms with Crippen molar-refractivity contribution < 1.29 is 39.3 Å². The fourth-order valence-corrected chi connectivity index (χ4v) is 2.57. The molecule has 14 heteroatoms. The number of nitrogens with one attached hydrogen (secondary N) is 3. The highest BCUT2D eigenvalue weighted by Crippen LogP contribution is 2.05. The third-order valence-electron chi connectivity index (χ3n) is 4.48. The van der Waals surface area contributed by atoms with Crippen molar-refractivity contribution in [3.63, 3.8) is 0 Å². The number of aliphatic hydroxyl groups is 2. The van der Waals surface area contributed by atoms with Gasteiger partial charge in [-0.05, 0) is 39.7 Å². The van der Waals surface area contributed by atoms with Crippen LogP contribution in [0.4, 0.5) is 0 Å². The summed E-state index contributed by atoms with van der Waals surface area (Å²) in [5.74, 6) is -5.20. The molecule has 0 fully saturated rings. The Bertz CT molecular complexity index is 672. The molecule has 4 amide bonds. The molecule has 0 radical (unpaired) electrons. The third-order valence-corrected chi connectivity index (χ3v) is 4.48. The minimum atomic E-state index is -1.61. The zero-order valence-corrected chi connectivity index (χ0v) is 18.1. The average molecular weight is 463 g/mol. The van der Waals surface area contributed by atoms with Crippen molar-refractivity contribution in [1.29, 1.82) is 0 Å². The van der Waals surface area contributed by atoms with Crippen LogP contribution in [0.3, 0.4) is 0 Å². The first kappa shape index (κ1) is 29.2. The lowest BCUT2D eigenvalue weighted by molar-refractivity contribution is -0.144. The van der Waals surface area contributed by atoms with Crippen LogP contribution in [0.2, 0.25) is 0 Å². The van der Waals surface area contributed by atoms with Crippen LogP contribution in [0.25, 0.3) is 0 Å². The molecule has 0 aromatic heterocycles. The fraction of sp³-hybridized carbons (Fsp3) is 0.722. The van der Waals surface area contributed by atoms with E-state index in [0.29, 0.717) is 19.4 Å². The first-order chi connectivity index (χ1) is 14.8. The standard InChI is InChI=1S/C18H34N6O8/c1-8(25)13(21)16(29)24-14(9(2)26)17(30)22-10(5-3-4-6-19)15(28)23-11(18(31)32)7-12(20)27/h8-11,13-14,25-26H,3-7,19,21H2,1-2H3,(H2,20,27)(H,22,30)(H,23,28)(H,24,29)(H,31,32). The maximum Gasteiger partial charge on any atom is 0.326 e. The minimum Gasteiger partial charge on any atom is -0.480 e. The average Bonchev–Trinajstić information content (AvgIpc) is 2.68. The molecule has 0 aromatic rings. The first-order valence-electron chi connectivity index (χ1n) is 10.1. The number of primary amides is 1. The summed E-state index contributed by atoms with van der Waals surface area (Å²) in [7, 11) is 0. The molecular weight excluding hydrogens is 428 g/mol. The number of hydrogen-bond donors (Lipinski definition) is 9. The van der Waals surface area contributed by atoms with Gasteiger partial charge in [0.1, 0.15) is 24.2 Å². The number of carbonyl (C=O) groups excluding carboxylic acids is 4. The normalized spacial score (nSPS) is 16.6. The van der Waals surface area contributed by atoms with Gasteiger partial charge in [-0.1, -0.05) is 0 Å². The summed E-state index contributed by atoms with van der Waals surface area (Å²) in [5.41, 5.74) is 15.9. The predicted octanol–water partition coefficient (Wildman–Crippen LogP) is -4.38. The maximum atomic E-state index is 12.7. The Morgan fingerprint density at radius 2 is 1.41 bits per heavy atom. The molecule has 0 aliphatic carbocycles. The summed E-state index contributed by atoms with van der Waals surface area (Å²) < 4.78 is 0. The highest BCUT2D eigenvalue weighted by molar-refractivity contribution is 5.95. The molecule has 0 rings (SSSR count). The van der Waals surface area contributed by atoms with Crippen LogP contribution in [-0.4, -0.2) is 87.8 Å². The number of rotatable bonds is 15. The summed E-state index contributed by atoms with van der Waals surface area (Å²) in [5, 5.41) is 35.2. The number of carboxylic acid groups (broad SMARTS) is 1. The number of aliphatic carboxylic acids is 1. The van der Waals surface area contributed by atoms with E-state index in [-0.39, 0.29) is 6.42 Å². The van der Waals surface area contributed by atoms with Gasteiger partial charge in [0.2, 0.25) is 23.6 Å². The van der Waals surface area contributed by atoms with Gasteiger partial charge in [0, 0.05) is 0 Å². The number of aliphatic hydroxyl groups excluding tert-OH is 2. The fourth-order valence-electron chi connectivity index (χ4n) is 2.57. The first-order valence-corrected chi connectivity index (χ1v) is 10.1. The number of carbonyl (C=O) groups is 5. The number of unbranched alkanes of at least 4 members (excludes halogenated alkanes) is 1. The summed E-state index contributed by atoms with van der Waals surface area (Å²) >= 11 is 0. The van der Waals surface area contributed by atoms with E-state index in [2.05, 4.69) is 16.0 Å². The Morgan fingerprint density at radius 1 is 0.844 bits per heavy atom. The quantitative estimate of drug-likeness (QED) is 0.105. The molecule has 0 aromatic carbocycles. The second-order valence-corrected chi connectivity index (χ2v) is 7.41. The molecule has 6 atom stereocenters. The third kappa shape index (κ3) is 10.5. The molecule has 0 saturated heterocycles. The molecule has 14 nitrogen and oxygen atoms in total. The molecule has 6 unspecified atom stereocenters. The predicted molar refractivity (Wildman–Crippen MR) is 111 cm³/mol. The molecule has 32 heavy (non-hydrogen) atoms. The van der Waals surface area contributed by atoms with Crippen molar-refractivity contribution in [1.82, 2.24) is 16.0 Å². The van der Waals surface area contributed by atoms with Crippen LogP contribution >= 0.6 is 0 Å². The summed E-state index contributed by atoms with van der Waals surface area (Å²) in [6.07, 6.45) is -2.32. The number of hydrogen-bond acceptors (Lipinski definition) is 9. The monoisotopic (exact) mass is 462 g/mol. The molecule has 12 N–H and O–H groups in total. The van der Waals surface area contributed by atoms with E-state index in [4.69, 9.17) is 22.3 Å². The van der Waals surface area contributed by atoms with Gasteiger partial charge in [-0.15, -0.1) is 0 Å². The minimum absolute atomic E-state index is 0.0609. The van der Waals surface area contributed by atoms with Crippen molar-refractivity contribution in [2.75, 3.05) is 6.54 Å². The zero-order valence-electron chi connectivity index (χ0n) is 18.1. The van der Waals surface area contributed by atoms with Gasteiger partial charge in [0.15, 0.2) is 0 Å². The number of nitrogens with two attached hydrogens (primary N) is 3. The van der Waals surface area contributed by atoms with Crippen LogP contribution in [0.1, 0.15) is 39.5 Å². The van der Waals surface area contributed by atoms with Crippen LogP contribution in [-0.2, 0) is 24.0 Å². The van der Waals surface area contributed by atoms with Gasteiger partial charge >= 0.3 is 5.97 Å².